The van der Waals surface area contributed by atoms with E-state index < -0.39 is 32.2 Å². The van der Waals surface area contributed by atoms with Crippen molar-refractivity contribution in [2.24, 2.45) is 0 Å². The second-order valence-corrected chi connectivity index (χ2v) is 4.85. The third kappa shape index (κ3) is 1.89. The van der Waals surface area contributed by atoms with Gasteiger partial charge in [0.15, 0.2) is 21.5 Å². The van der Waals surface area contributed by atoms with Gasteiger partial charge in [-0.25, -0.2) is 21.6 Å². The highest BCUT2D eigenvalue weighted by Gasteiger charge is 2.20. The van der Waals surface area contributed by atoms with Gasteiger partial charge in [-0.3, -0.25) is 0 Å². The Kier molecular flexibility index (Phi) is 2.84. The van der Waals surface area contributed by atoms with Crippen molar-refractivity contribution in [2.75, 3.05) is 5.75 Å². The zero-order valence-corrected chi connectivity index (χ0v) is 8.04. The molecule has 0 N–H and O–H groups in total. The van der Waals surface area contributed by atoms with Crippen LogP contribution in [0.3, 0.4) is 0 Å². The molecule has 0 radical (unpaired) electrons. The van der Waals surface area contributed by atoms with Crippen LogP contribution in [0.4, 0.5) is 13.2 Å². The molecule has 0 amide bonds. The molecule has 0 aliphatic rings. The van der Waals surface area contributed by atoms with Crippen LogP contribution in [0.2, 0.25) is 0 Å². The molecule has 1 rings (SSSR count). The Bertz CT molecular complexity index is 454. The molecule has 14 heavy (non-hydrogen) atoms. The summed E-state index contributed by atoms with van der Waals surface area (Å²) in [4.78, 5) is -0.807. The maximum absolute atomic E-state index is 12.9. The second kappa shape index (κ2) is 3.61. The van der Waals surface area contributed by atoms with Crippen molar-refractivity contribution in [3.8, 4) is 0 Å². The summed E-state index contributed by atoms with van der Waals surface area (Å²) in [6.07, 6.45) is 0. The van der Waals surface area contributed by atoms with E-state index >= 15 is 0 Å². The highest BCUT2D eigenvalue weighted by molar-refractivity contribution is 7.91. The number of benzene rings is 1. The summed E-state index contributed by atoms with van der Waals surface area (Å²) in [6.45, 7) is 1.29. The Balaban J connectivity index is 3.45. The molecule has 2 nitrogen and oxygen atoms in total. The van der Waals surface area contributed by atoms with Crippen LogP contribution in [0.1, 0.15) is 6.92 Å². The lowest BCUT2D eigenvalue weighted by Gasteiger charge is -2.03. The van der Waals surface area contributed by atoms with E-state index in [1.54, 1.807) is 0 Å². The summed E-state index contributed by atoms with van der Waals surface area (Å²) in [6, 6.07) is 0.571. The number of halogens is 3. The number of rotatable bonds is 2. The zero-order chi connectivity index (χ0) is 10.9. The lowest BCUT2D eigenvalue weighted by molar-refractivity contribution is 0.482. The molecule has 1 aromatic rings. The van der Waals surface area contributed by atoms with E-state index in [0.29, 0.717) is 6.07 Å². The smallest absolute Gasteiger partial charge is 0.181 e. The first kappa shape index (κ1) is 11.0. The summed E-state index contributed by atoms with van der Waals surface area (Å²) < 4.78 is 60.3. The molecule has 0 heterocycles. The molecule has 1 aromatic carbocycles. The monoisotopic (exact) mass is 224 g/mol. The third-order valence-corrected chi connectivity index (χ3v) is 3.43. The SMILES string of the molecule is CCS(=O)(=O)c1cc(F)c(F)cc1F. The molecule has 0 aliphatic heterocycles. The van der Waals surface area contributed by atoms with E-state index in [-0.39, 0.29) is 11.8 Å². The van der Waals surface area contributed by atoms with E-state index in [1.165, 1.54) is 6.92 Å². The van der Waals surface area contributed by atoms with E-state index in [9.17, 15) is 21.6 Å². The minimum atomic E-state index is -3.85. The molecule has 0 bridgehead atoms. The van der Waals surface area contributed by atoms with Crippen molar-refractivity contribution in [2.45, 2.75) is 11.8 Å². The van der Waals surface area contributed by atoms with Crippen LogP contribution in [-0.2, 0) is 9.84 Å². The maximum atomic E-state index is 12.9. The summed E-state index contributed by atoms with van der Waals surface area (Å²) >= 11 is 0. The van der Waals surface area contributed by atoms with Crippen LogP contribution in [0.25, 0.3) is 0 Å². The molecule has 0 unspecified atom stereocenters. The standard InChI is InChI=1S/C8H7F3O2S/c1-2-14(12,13)8-4-6(10)5(9)3-7(8)11/h3-4H,2H2,1H3. The highest BCUT2D eigenvalue weighted by atomic mass is 32.2. The van der Waals surface area contributed by atoms with E-state index in [2.05, 4.69) is 0 Å². The molecule has 0 aromatic heterocycles. The van der Waals surface area contributed by atoms with Gasteiger partial charge in [0.05, 0.1) is 5.75 Å². The van der Waals surface area contributed by atoms with Crippen LogP contribution < -0.4 is 0 Å². The van der Waals surface area contributed by atoms with E-state index in [4.69, 9.17) is 0 Å². The predicted molar refractivity (Wildman–Crippen MR) is 44.0 cm³/mol. The van der Waals surface area contributed by atoms with Gasteiger partial charge in [-0.05, 0) is 6.07 Å². The van der Waals surface area contributed by atoms with Gasteiger partial charge in [0.25, 0.3) is 0 Å². The highest BCUT2D eigenvalue weighted by Crippen LogP contribution is 2.19. The predicted octanol–water partition coefficient (Wildman–Crippen LogP) is 1.90. The molecular weight excluding hydrogens is 217 g/mol. The minimum Gasteiger partial charge on any atom is -0.224 e. The molecule has 0 saturated carbocycles. The molecule has 0 atom stereocenters. The van der Waals surface area contributed by atoms with Gasteiger partial charge in [-0.1, -0.05) is 6.92 Å². The Hall–Kier alpha value is -1.04. The van der Waals surface area contributed by atoms with Crippen LogP contribution in [0, 0.1) is 17.5 Å². The normalized spacial score (nSPS) is 11.7. The van der Waals surface area contributed by atoms with E-state index in [0.717, 1.165) is 0 Å². The van der Waals surface area contributed by atoms with Crippen molar-refractivity contribution in [1.29, 1.82) is 0 Å². The third-order valence-electron chi connectivity index (χ3n) is 1.69. The van der Waals surface area contributed by atoms with Gasteiger partial charge in [0.2, 0.25) is 0 Å². The van der Waals surface area contributed by atoms with Crippen molar-refractivity contribution in [3.05, 3.63) is 29.6 Å². The average molecular weight is 224 g/mol. The maximum Gasteiger partial charge on any atom is 0.181 e. The zero-order valence-electron chi connectivity index (χ0n) is 7.22. The van der Waals surface area contributed by atoms with Crippen molar-refractivity contribution < 1.29 is 21.6 Å². The van der Waals surface area contributed by atoms with Crippen molar-refractivity contribution >= 4 is 9.84 Å². The first-order valence-electron chi connectivity index (χ1n) is 3.75. The van der Waals surface area contributed by atoms with Crippen LogP contribution in [-0.4, -0.2) is 14.2 Å². The summed E-state index contributed by atoms with van der Waals surface area (Å²) in [5, 5.41) is 0. The van der Waals surface area contributed by atoms with Crippen molar-refractivity contribution in [1.82, 2.24) is 0 Å². The largest absolute Gasteiger partial charge is 0.224 e. The van der Waals surface area contributed by atoms with Gasteiger partial charge >= 0.3 is 0 Å². The minimum absolute atomic E-state index is 0.220. The fourth-order valence-corrected chi connectivity index (χ4v) is 1.85. The van der Waals surface area contributed by atoms with Gasteiger partial charge in [-0.2, -0.15) is 0 Å². The Morgan fingerprint density at radius 3 is 2.07 bits per heavy atom. The van der Waals surface area contributed by atoms with Crippen LogP contribution in [0.15, 0.2) is 17.0 Å². The van der Waals surface area contributed by atoms with Gasteiger partial charge in [0.1, 0.15) is 10.7 Å². The topological polar surface area (TPSA) is 34.1 Å². The second-order valence-electron chi connectivity index (χ2n) is 2.60. The molecule has 0 aliphatic carbocycles. The Morgan fingerprint density at radius 1 is 1.07 bits per heavy atom. The van der Waals surface area contributed by atoms with Gasteiger partial charge in [-0.15, -0.1) is 0 Å². The molecule has 0 saturated heterocycles. The number of sulfone groups is 1. The molecule has 0 spiro atoms. The van der Waals surface area contributed by atoms with Crippen LogP contribution in [0.5, 0.6) is 0 Å². The fourth-order valence-electron chi connectivity index (χ4n) is 0.898. The number of hydrogen-bond donors (Lipinski definition) is 0. The van der Waals surface area contributed by atoms with Gasteiger partial charge in [0, 0.05) is 6.07 Å². The lowest BCUT2D eigenvalue weighted by atomic mass is 10.3. The fraction of sp³-hybridized carbons (Fsp3) is 0.250. The summed E-state index contributed by atoms with van der Waals surface area (Å²) in [5.74, 6) is -4.42. The summed E-state index contributed by atoms with van der Waals surface area (Å²) in [5.41, 5.74) is 0. The molecule has 78 valence electrons. The number of hydrogen-bond acceptors (Lipinski definition) is 2. The first-order valence-corrected chi connectivity index (χ1v) is 5.41. The molecular formula is C8H7F3O2S. The summed E-state index contributed by atoms with van der Waals surface area (Å²) in [7, 11) is -3.85. The van der Waals surface area contributed by atoms with Gasteiger partial charge < -0.3 is 0 Å². The quantitative estimate of drug-likeness (QED) is 0.568. The first-order chi connectivity index (χ1) is 6.38. The molecule has 0 fully saturated rings. The molecule has 6 heteroatoms. The van der Waals surface area contributed by atoms with Crippen molar-refractivity contribution in [3.63, 3.8) is 0 Å². The van der Waals surface area contributed by atoms with E-state index in [1.807, 2.05) is 0 Å². The lowest BCUT2D eigenvalue weighted by Crippen LogP contribution is -2.07. The Labute approximate surface area is 79.3 Å². The Morgan fingerprint density at radius 2 is 1.57 bits per heavy atom. The average Bonchev–Trinajstić information content (AvgIpc) is 2.11. The van der Waals surface area contributed by atoms with Crippen LogP contribution >= 0.6 is 0 Å².